The molecule has 3 fully saturated rings. The largest absolute Gasteiger partial charge is 0.465 e. The van der Waals surface area contributed by atoms with Crippen LogP contribution in [0.5, 0.6) is 0 Å². The first kappa shape index (κ1) is 32.0. The van der Waals surface area contributed by atoms with Crippen molar-refractivity contribution in [3.63, 3.8) is 0 Å². The van der Waals surface area contributed by atoms with Gasteiger partial charge in [0, 0.05) is 12.2 Å². The number of unbranched alkanes of at least 4 members (excludes halogenated alkanes) is 2. The van der Waals surface area contributed by atoms with Crippen LogP contribution < -0.4 is 4.90 Å². The van der Waals surface area contributed by atoms with Gasteiger partial charge in [0.05, 0.1) is 30.8 Å². The number of aliphatic hydroxyl groups is 1. The van der Waals surface area contributed by atoms with Crippen LogP contribution in [0.2, 0.25) is 0 Å². The van der Waals surface area contributed by atoms with Crippen molar-refractivity contribution in [1.29, 1.82) is 0 Å². The molecule has 3 heterocycles. The van der Waals surface area contributed by atoms with Crippen LogP contribution in [0, 0.1) is 37.5 Å². The summed E-state index contributed by atoms with van der Waals surface area (Å²) in [6, 6.07) is 4.20. The Bertz CT molecular complexity index is 1210. The number of fused-ring (bicyclic) bond motifs is 1. The predicted molar refractivity (Wildman–Crippen MR) is 163 cm³/mol. The summed E-state index contributed by atoms with van der Waals surface area (Å²) in [4.78, 5) is 46.5. The van der Waals surface area contributed by atoms with E-state index in [0.29, 0.717) is 12.8 Å². The third-order valence-electron chi connectivity index (χ3n) is 9.89. The van der Waals surface area contributed by atoms with E-state index in [9.17, 15) is 19.5 Å². The molecule has 0 saturated carbocycles. The number of aliphatic hydroxyl groups excluding tert-OH is 1. The lowest BCUT2D eigenvalue weighted by molar-refractivity contribution is -0.163. The summed E-state index contributed by atoms with van der Waals surface area (Å²) >= 11 is 0. The molecule has 1 aromatic carbocycles. The highest BCUT2D eigenvalue weighted by Crippen LogP contribution is 2.66. The number of anilines is 1. The van der Waals surface area contributed by atoms with Crippen LogP contribution in [-0.2, 0) is 23.9 Å². The molecule has 2 bridgehead atoms. The van der Waals surface area contributed by atoms with Crippen molar-refractivity contribution in [2.45, 2.75) is 90.5 Å². The smallest absolute Gasteiger partial charge is 0.312 e. The predicted octanol–water partition coefficient (Wildman–Crippen LogP) is 4.75. The molecule has 0 aromatic heterocycles. The highest BCUT2D eigenvalue weighted by Gasteiger charge is 2.81. The number of para-hydroxylation sites is 1. The van der Waals surface area contributed by atoms with Gasteiger partial charge >= 0.3 is 5.97 Å². The number of rotatable bonds is 13. The molecule has 3 saturated heterocycles. The summed E-state index contributed by atoms with van der Waals surface area (Å²) in [5.41, 5.74) is 0.423. The molecule has 8 heteroatoms. The lowest BCUT2D eigenvalue weighted by Crippen LogP contribution is -2.60. The minimum atomic E-state index is -1.23. The first-order valence-electron chi connectivity index (χ1n) is 15.3. The van der Waals surface area contributed by atoms with E-state index in [4.69, 9.17) is 9.47 Å². The van der Waals surface area contributed by atoms with E-state index < -0.39 is 41.1 Å². The molecule has 1 spiro atoms. The van der Waals surface area contributed by atoms with Gasteiger partial charge in [-0.25, -0.2) is 0 Å². The topological polar surface area (TPSA) is 96.4 Å². The summed E-state index contributed by atoms with van der Waals surface area (Å²) < 4.78 is 12.6. The molecule has 230 valence electrons. The quantitative estimate of drug-likeness (QED) is 0.206. The zero-order valence-corrected chi connectivity index (χ0v) is 26.1. The first-order valence-corrected chi connectivity index (χ1v) is 15.3. The minimum Gasteiger partial charge on any atom is -0.465 e. The standard InChI is InChI=1S/C34H48N2O6/c1-9-11-12-13-18-41-32(40)27-26-30(38)36(25(20-37)21(3)4)29(34(26)19-24(7)33(27,8)42-34)31(39)35(17-10-2)28-22(5)15-14-16-23(28)6/h9-10,14-16,21,24-27,29,37H,1-2,11-13,17-20H2,3-8H3/t24?,25-,26-,27-,29?,33+,34?/m0/s1. The van der Waals surface area contributed by atoms with Crippen LogP contribution in [0.3, 0.4) is 0 Å². The fourth-order valence-corrected chi connectivity index (χ4v) is 7.74. The van der Waals surface area contributed by atoms with Gasteiger partial charge in [0.25, 0.3) is 5.91 Å². The van der Waals surface area contributed by atoms with Crippen molar-refractivity contribution >= 4 is 23.5 Å². The Balaban J connectivity index is 1.82. The van der Waals surface area contributed by atoms with Crippen molar-refractivity contribution in [3.8, 4) is 0 Å². The molecule has 3 aliphatic rings. The molecule has 8 nitrogen and oxygen atoms in total. The summed E-state index contributed by atoms with van der Waals surface area (Å²) in [5.74, 6) is -3.06. The Morgan fingerprint density at radius 3 is 2.45 bits per heavy atom. The van der Waals surface area contributed by atoms with Gasteiger partial charge < -0.3 is 24.4 Å². The zero-order chi connectivity index (χ0) is 31.0. The van der Waals surface area contributed by atoms with Gasteiger partial charge in [-0.1, -0.05) is 51.1 Å². The van der Waals surface area contributed by atoms with Crippen LogP contribution in [0.1, 0.15) is 64.5 Å². The molecule has 4 rings (SSSR count). The van der Waals surface area contributed by atoms with E-state index in [2.05, 4.69) is 13.2 Å². The molecule has 1 N–H and O–H groups in total. The molecule has 0 radical (unpaired) electrons. The third-order valence-corrected chi connectivity index (χ3v) is 9.89. The average Bonchev–Trinajstić information content (AvgIpc) is 3.44. The van der Waals surface area contributed by atoms with E-state index in [-0.39, 0.29) is 43.4 Å². The van der Waals surface area contributed by atoms with Gasteiger partial charge in [0.1, 0.15) is 17.6 Å². The van der Waals surface area contributed by atoms with Crippen molar-refractivity contribution in [1.82, 2.24) is 4.90 Å². The maximum absolute atomic E-state index is 14.9. The fourth-order valence-electron chi connectivity index (χ4n) is 7.74. The SMILES string of the molecule is C=CCCCCOC(=O)[C@@H]1[C@H]2C(=O)N([C@@H](CO)C(C)C)C(C(=O)N(CC=C)c3c(C)cccc3C)C23CC(C)[C@@]1(C)O3. The number of hydrogen-bond acceptors (Lipinski definition) is 6. The molecule has 42 heavy (non-hydrogen) atoms. The Morgan fingerprint density at radius 1 is 1.21 bits per heavy atom. The number of allylic oxidation sites excluding steroid dienone is 1. The van der Waals surface area contributed by atoms with Crippen LogP contribution in [0.15, 0.2) is 43.5 Å². The Hall–Kier alpha value is -2.97. The molecule has 2 amide bonds. The van der Waals surface area contributed by atoms with Crippen LogP contribution in [-0.4, -0.2) is 70.8 Å². The van der Waals surface area contributed by atoms with Gasteiger partial charge in [0.2, 0.25) is 5.91 Å². The number of nitrogens with zero attached hydrogens (tertiary/aromatic N) is 2. The third kappa shape index (κ3) is 5.00. The molecular weight excluding hydrogens is 532 g/mol. The number of carbonyl (C=O) groups excluding carboxylic acids is 3. The van der Waals surface area contributed by atoms with Crippen molar-refractivity contribution in [2.75, 3.05) is 24.7 Å². The van der Waals surface area contributed by atoms with E-state index in [0.717, 1.165) is 29.7 Å². The minimum absolute atomic E-state index is 0.102. The molecular formula is C34H48N2O6. The number of likely N-dealkylation sites (tertiary alicyclic amines) is 1. The molecule has 3 aliphatic heterocycles. The number of amides is 2. The molecule has 0 aliphatic carbocycles. The Labute approximate surface area is 250 Å². The number of esters is 1. The summed E-state index contributed by atoms with van der Waals surface area (Å²) in [7, 11) is 0. The highest BCUT2D eigenvalue weighted by atomic mass is 16.6. The van der Waals surface area contributed by atoms with Crippen LogP contribution in [0.25, 0.3) is 0 Å². The van der Waals surface area contributed by atoms with Gasteiger partial charge in [0.15, 0.2) is 0 Å². The molecule has 7 atom stereocenters. The first-order chi connectivity index (χ1) is 19.9. The fraction of sp³-hybridized carbons (Fsp3) is 0.618. The maximum atomic E-state index is 14.9. The lowest BCUT2D eigenvalue weighted by Gasteiger charge is -2.41. The summed E-state index contributed by atoms with van der Waals surface area (Å²) in [6.07, 6.45) is 6.34. The number of carbonyl (C=O) groups is 3. The van der Waals surface area contributed by atoms with Gasteiger partial charge in [-0.3, -0.25) is 14.4 Å². The average molecular weight is 581 g/mol. The Kier molecular flexibility index (Phi) is 9.38. The monoisotopic (exact) mass is 580 g/mol. The number of benzene rings is 1. The summed E-state index contributed by atoms with van der Waals surface area (Å²) in [6.45, 7) is 19.5. The Morgan fingerprint density at radius 2 is 1.88 bits per heavy atom. The normalized spacial score (nSPS) is 30.4. The molecule has 1 aromatic rings. The van der Waals surface area contributed by atoms with E-state index in [1.807, 2.05) is 65.8 Å². The van der Waals surface area contributed by atoms with Crippen molar-refractivity contribution in [3.05, 3.63) is 54.6 Å². The van der Waals surface area contributed by atoms with Gasteiger partial charge in [-0.15, -0.1) is 13.2 Å². The number of hydrogen-bond donors (Lipinski definition) is 1. The van der Waals surface area contributed by atoms with Crippen LogP contribution >= 0.6 is 0 Å². The van der Waals surface area contributed by atoms with E-state index >= 15 is 0 Å². The number of aryl methyl sites for hydroxylation is 2. The molecule has 3 unspecified atom stereocenters. The van der Waals surface area contributed by atoms with Gasteiger partial charge in [-0.2, -0.15) is 0 Å². The lowest BCUT2D eigenvalue weighted by atomic mass is 9.62. The summed E-state index contributed by atoms with van der Waals surface area (Å²) in [5, 5.41) is 10.5. The van der Waals surface area contributed by atoms with E-state index in [1.165, 1.54) is 0 Å². The van der Waals surface area contributed by atoms with Gasteiger partial charge in [-0.05, 0) is 69.4 Å². The second-order valence-corrected chi connectivity index (χ2v) is 12.9. The highest BCUT2D eigenvalue weighted by molar-refractivity contribution is 6.05. The van der Waals surface area contributed by atoms with Crippen molar-refractivity contribution < 1.29 is 29.0 Å². The second-order valence-electron chi connectivity index (χ2n) is 12.9. The van der Waals surface area contributed by atoms with Crippen molar-refractivity contribution in [2.24, 2.45) is 23.7 Å². The zero-order valence-electron chi connectivity index (χ0n) is 26.1. The number of ether oxygens (including phenoxy) is 2. The maximum Gasteiger partial charge on any atom is 0.312 e. The van der Waals surface area contributed by atoms with E-state index in [1.54, 1.807) is 15.9 Å². The van der Waals surface area contributed by atoms with Crippen LogP contribution in [0.4, 0.5) is 5.69 Å². The second kappa shape index (κ2) is 12.3.